The van der Waals surface area contributed by atoms with Crippen LogP contribution >= 0.6 is 22.6 Å². The number of hydrogen-bond donors (Lipinski definition) is 1. The van der Waals surface area contributed by atoms with Gasteiger partial charge in [-0.3, -0.25) is 0 Å². The first-order valence-corrected chi connectivity index (χ1v) is 7.48. The van der Waals surface area contributed by atoms with Crippen LogP contribution in [0.15, 0.2) is 23.8 Å². The molecule has 16 heavy (non-hydrogen) atoms. The van der Waals surface area contributed by atoms with Gasteiger partial charge in [-0.15, -0.1) is 0 Å². The molecule has 1 rings (SSSR count). The number of alkyl halides is 1. The van der Waals surface area contributed by atoms with Gasteiger partial charge in [0.25, 0.3) is 0 Å². The van der Waals surface area contributed by atoms with Gasteiger partial charge in [-0.2, -0.15) is 0 Å². The molecule has 0 aliphatic heterocycles. The lowest BCUT2D eigenvalue weighted by atomic mass is 9.85. The summed E-state index contributed by atoms with van der Waals surface area (Å²) in [4.78, 5) is 0. The largest absolute Gasteiger partial charge is 0.330 e. The molecule has 92 valence electrons. The molecule has 0 bridgehead atoms. The topological polar surface area (TPSA) is 26.0 Å². The summed E-state index contributed by atoms with van der Waals surface area (Å²) in [5.74, 6) is 2.15. The van der Waals surface area contributed by atoms with Gasteiger partial charge in [-0.25, -0.2) is 0 Å². The van der Waals surface area contributed by atoms with Crippen LogP contribution in [0.4, 0.5) is 0 Å². The molecule has 0 aromatic carbocycles. The molecule has 1 aliphatic carbocycles. The third-order valence-electron chi connectivity index (χ3n) is 3.31. The van der Waals surface area contributed by atoms with E-state index < -0.39 is 0 Å². The second-order valence-corrected chi connectivity index (χ2v) is 6.73. The summed E-state index contributed by atoms with van der Waals surface area (Å²) in [5.41, 5.74) is 7.09. The van der Waals surface area contributed by atoms with Crippen molar-refractivity contribution in [3.63, 3.8) is 0 Å². The smallest absolute Gasteiger partial charge is 0.0355 e. The Morgan fingerprint density at radius 3 is 2.69 bits per heavy atom. The maximum atomic E-state index is 5.68. The van der Waals surface area contributed by atoms with Gasteiger partial charge in [0.1, 0.15) is 0 Å². The van der Waals surface area contributed by atoms with Gasteiger partial charge in [0.2, 0.25) is 0 Å². The Morgan fingerprint density at radius 2 is 2.06 bits per heavy atom. The van der Waals surface area contributed by atoms with Crippen molar-refractivity contribution in [2.24, 2.45) is 23.5 Å². The Bertz CT molecular complexity index is 270. The van der Waals surface area contributed by atoms with Crippen LogP contribution in [0.2, 0.25) is 0 Å². The molecule has 0 heterocycles. The SMILES string of the molecule is CC1=CC(C[C@@H](C)C[C@@H](C)CN)C(I)C=C1. The summed E-state index contributed by atoms with van der Waals surface area (Å²) in [6.07, 6.45) is 9.55. The zero-order chi connectivity index (χ0) is 12.1. The van der Waals surface area contributed by atoms with Gasteiger partial charge < -0.3 is 5.73 Å². The van der Waals surface area contributed by atoms with Crippen molar-refractivity contribution in [2.75, 3.05) is 6.54 Å². The predicted octanol–water partition coefficient (Wildman–Crippen LogP) is 3.93. The second kappa shape index (κ2) is 6.80. The molecule has 0 spiro atoms. The third kappa shape index (κ3) is 4.58. The fourth-order valence-electron chi connectivity index (χ4n) is 2.41. The summed E-state index contributed by atoms with van der Waals surface area (Å²) in [6, 6.07) is 0. The van der Waals surface area contributed by atoms with Crippen molar-refractivity contribution in [3.8, 4) is 0 Å². The van der Waals surface area contributed by atoms with Crippen molar-refractivity contribution in [3.05, 3.63) is 23.8 Å². The molecule has 2 heteroatoms. The first-order valence-electron chi connectivity index (χ1n) is 6.23. The van der Waals surface area contributed by atoms with Crippen LogP contribution in [0.5, 0.6) is 0 Å². The van der Waals surface area contributed by atoms with Gasteiger partial charge in [-0.1, -0.05) is 60.2 Å². The molecular formula is C14H24IN. The Hall–Kier alpha value is 0.170. The van der Waals surface area contributed by atoms with E-state index in [2.05, 4.69) is 61.6 Å². The number of halogens is 1. The summed E-state index contributed by atoms with van der Waals surface area (Å²) in [5, 5.41) is 0. The van der Waals surface area contributed by atoms with E-state index in [1.54, 1.807) is 0 Å². The quantitative estimate of drug-likeness (QED) is 0.599. The highest BCUT2D eigenvalue weighted by molar-refractivity contribution is 14.1. The van der Waals surface area contributed by atoms with Gasteiger partial charge in [0, 0.05) is 3.92 Å². The first-order chi connectivity index (χ1) is 7.52. The van der Waals surface area contributed by atoms with Gasteiger partial charge >= 0.3 is 0 Å². The number of rotatable bonds is 5. The van der Waals surface area contributed by atoms with Gasteiger partial charge in [-0.05, 0) is 44.1 Å². The Kier molecular flexibility index (Phi) is 6.05. The molecule has 0 radical (unpaired) electrons. The lowest BCUT2D eigenvalue weighted by molar-refractivity contribution is 0.367. The summed E-state index contributed by atoms with van der Waals surface area (Å²) >= 11 is 2.55. The highest BCUT2D eigenvalue weighted by Crippen LogP contribution is 2.30. The average Bonchev–Trinajstić information content (AvgIpc) is 2.23. The monoisotopic (exact) mass is 333 g/mol. The zero-order valence-electron chi connectivity index (χ0n) is 10.6. The van der Waals surface area contributed by atoms with Crippen LogP contribution in [-0.2, 0) is 0 Å². The molecule has 4 atom stereocenters. The van der Waals surface area contributed by atoms with E-state index >= 15 is 0 Å². The normalized spacial score (nSPS) is 28.7. The van der Waals surface area contributed by atoms with Crippen molar-refractivity contribution < 1.29 is 0 Å². The van der Waals surface area contributed by atoms with Crippen molar-refractivity contribution in [1.29, 1.82) is 0 Å². The van der Waals surface area contributed by atoms with Crippen LogP contribution in [0.1, 0.15) is 33.6 Å². The standard InChI is InChI=1S/C14H24IN/c1-10-4-5-14(15)13(7-10)8-11(2)6-12(3)9-16/h4-5,7,11-14H,6,8-9,16H2,1-3H3/t11-,12+,13?,14?/m0/s1. The van der Waals surface area contributed by atoms with Crippen molar-refractivity contribution >= 4 is 22.6 Å². The van der Waals surface area contributed by atoms with E-state index in [4.69, 9.17) is 5.73 Å². The highest BCUT2D eigenvalue weighted by Gasteiger charge is 2.20. The molecule has 0 saturated carbocycles. The van der Waals surface area contributed by atoms with E-state index in [-0.39, 0.29) is 0 Å². The fourth-order valence-corrected chi connectivity index (χ4v) is 3.12. The van der Waals surface area contributed by atoms with Crippen LogP contribution in [-0.4, -0.2) is 10.5 Å². The van der Waals surface area contributed by atoms with Crippen molar-refractivity contribution in [2.45, 2.75) is 37.5 Å². The van der Waals surface area contributed by atoms with E-state index in [0.717, 1.165) is 12.5 Å². The average molecular weight is 333 g/mol. The third-order valence-corrected chi connectivity index (χ3v) is 4.65. The summed E-state index contributed by atoms with van der Waals surface area (Å²) < 4.78 is 0.664. The maximum absolute atomic E-state index is 5.68. The zero-order valence-corrected chi connectivity index (χ0v) is 12.8. The van der Waals surface area contributed by atoms with E-state index in [9.17, 15) is 0 Å². The minimum atomic E-state index is 0.659. The Labute approximate surface area is 114 Å². The molecule has 2 N–H and O–H groups in total. The highest BCUT2D eigenvalue weighted by atomic mass is 127. The van der Waals surface area contributed by atoms with E-state index in [0.29, 0.717) is 15.8 Å². The lowest BCUT2D eigenvalue weighted by Gasteiger charge is -2.25. The van der Waals surface area contributed by atoms with Gasteiger partial charge in [0.05, 0.1) is 0 Å². The van der Waals surface area contributed by atoms with Crippen LogP contribution < -0.4 is 5.73 Å². The summed E-state index contributed by atoms with van der Waals surface area (Å²) in [6.45, 7) is 7.62. The Balaban J connectivity index is 2.44. The molecule has 0 aromatic rings. The van der Waals surface area contributed by atoms with Crippen LogP contribution in [0.25, 0.3) is 0 Å². The molecular weight excluding hydrogens is 309 g/mol. The molecule has 0 aromatic heterocycles. The molecule has 0 saturated heterocycles. The minimum absolute atomic E-state index is 0.659. The molecule has 2 unspecified atom stereocenters. The maximum Gasteiger partial charge on any atom is 0.0355 e. The van der Waals surface area contributed by atoms with Crippen LogP contribution in [0.3, 0.4) is 0 Å². The number of allylic oxidation sites excluding steroid dienone is 4. The van der Waals surface area contributed by atoms with Gasteiger partial charge in [0.15, 0.2) is 0 Å². The second-order valence-electron chi connectivity index (χ2n) is 5.30. The molecule has 1 nitrogen and oxygen atoms in total. The molecule has 0 amide bonds. The lowest BCUT2D eigenvalue weighted by Crippen LogP contribution is -2.19. The van der Waals surface area contributed by atoms with Crippen molar-refractivity contribution in [1.82, 2.24) is 0 Å². The predicted molar refractivity (Wildman–Crippen MR) is 80.8 cm³/mol. The molecule has 0 fully saturated rings. The first kappa shape index (κ1) is 14.2. The number of nitrogens with two attached hydrogens (primary N) is 1. The summed E-state index contributed by atoms with van der Waals surface area (Å²) in [7, 11) is 0. The Morgan fingerprint density at radius 1 is 1.38 bits per heavy atom. The minimum Gasteiger partial charge on any atom is -0.330 e. The van der Waals surface area contributed by atoms with E-state index in [1.807, 2.05) is 0 Å². The fraction of sp³-hybridized carbons (Fsp3) is 0.714. The van der Waals surface area contributed by atoms with Crippen LogP contribution in [0, 0.1) is 17.8 Å². The number of hydrogen-bond acceptors (Lipinski definition) is 1. The molecule has 1 aliphatic rings. The van der Waals surface area contributed by atoms with E-state index in [1.165, 1.54) is 18.4 Å².